The molecular weight excluding hydrogens is 272 g/mol. The maximum Gasteiger partial charge on any atom is 0.289 e. The van der Waals surface area contributed by atoms with Gasteiger partial charge in [-0.1, -0.05) is 0 Å². The van der Waals surface area contributed by atoms with E-state index in [9.17, 15) is 18.3 Å². The first-order valence-corrected chi connectivity index (χ1v) is 7.43. The lowest BCUT2D eigenvalue weighted by molar-refractivity contribution is 0.0515. The lowest BCUT2D eigenvalue weighted by Crippen LogP contribution is -2.39. The van der Waals surface area contributed by atoms with Crippen molar-refractivity contribution in [2.75, 3.05) is 20.1 Å². The summed E-state index contributed by atoms with van der Waals surface area (Å²) < 4.78 is 30.2. The molecule has 0 radical (unpaired) electrons. The van der Waals surface area contributed by atoms with Gasteiger partial charge < -0.3 is 14.4 Å². The first-order valence-electron chi connectivity index (χ1n) is 5.95. The average Bonchev–Trinajstić information content (AvgIpc) is 2.89. The van der Waals surface area contributed by atoms with Crippen LogP contribution >= 0.6 is 0 Å². The third-order valence-corrected chi connectivity index (χ3v) is 4.36. The van der Waals surface area contributed by atoms with Crippen LogP contribution < -0.4 is 4.72 Å². The summed E-state index contributed by atoms with van der Waals surface area (Å²) in [5.41, 5.74) is 0. The van der Waals surface area contributed by atoms with Crippen LogP contribution in [-0.4, -0.2) is 50.6 Å². The van der Waals surface area contributed by atoms with Crippen molar-refractivity contribution in [3.8, 4) is 0 Å². The van der Waals surface area contributed by atoms with Crippen molar-refractivity contribution in [2.24, 2.45) is 0 Å². The number of aliphatic hydroxyl groups is 1. The minimum Gasteiger partial charge on any atom is -0.438 e. The fourth-order valence-corrected chi connectivity index (χ4v) is 2.55. The third kappa shape index (κ3) is 2.96. The van der Waals surface area contributed by atoms with Crippen molar-refractivity contribution in [1.29, 1.82) is 0 Å². The zero-order valence-corrected chi connectivity index (χ0v) is 11.3. The summed E-state index contributed by atoms with van der Waals surface area (Å²) in [5, 5.41) is 9.09. The molecule has 2 rings (SSSR count). The molecular formula is C11H16N2O5S. The molecule has 1 aromatic heterocycles. The largest absolute Gasteiger partial charge is 0.438 e. The number of amides is 1. The molecule has 8 heteroatoms. The topological polar surface area (TPSA) is 99.9 Å². The van der Waals surface area contributed by atoms with Gasteiger partial charge in [-0.25, -0.2) is 13.1 Å². The van der Waals surface area contributed by atoms with E-state index in [-0.39, 0.29) is 22.9 Å². The first-order chi connectivity index (χ1) is 8.94. The molecule has 0 atom stereocenters. The summed E-state index contributed by atoms with van der Waals surface area (Å²) in [6, 6.07) is 2.59. The Balaban J connectivity index is 2.13. The standard InChI is InChI=1S/C11H16N2O5S/c1-12-19(16,17)10-3-2-9(18-10)11(15)13-6-4-8(14)5-7-13/h2-3,8,12,14H,4-7H2,1H3. The molecule has 1 aliphatic heterocycles. The predicted octanol–water partition coefficient (Wildman–Crippen LogP) is -0.215. The van der Waals surface area contributed by atoms with Crippen LogP contribution in [0.25, 0.3) is 0 Å². The molecule has 1 aromatic rings. The number of aliphatic hydroxyl groups excluding tert-OH is 1. The van der Waals surface area contributed by atoms with Gasteiger partial charge >= 0.3 is 0 Å². The Morgan fingerprint density at radius 1 is 1.42 bits per heavy atom. The van der Waals surface area contributed by atoms with Crippen LogP contribution in [0.1, 0.15) is 23.4 Å². The summed E-state index contributed by atoms with van der Waals surface area (Å²) in [5.74, 6) is -0.366. The van der Waals surface area contributed by atoms with Crippen molar-refractivity contribution in [3.63, 3.8) is 0 Å². The number of hydrogen-bond donors (Lipinski definition) is 2. The SMILES string of the molecule is CNS(=O)(=O)c1ccc(C(=O)N2CCC(O)CC2)o1. The second kappa shape index (κ2) is 5.32. The van der Waals surface area contributed by atoms with Crippen molar-refractivity contribution >= 4 is 15.9 Å². The Kier molecular flexibility index (Phi) is 3.93. The van der Waals surface area contributed by atoms with Crippen LogP contribution in [0.3, 0.4) is 0 Å². The molecule has 0 spiro atoms. The van der Waals surface area contributed by atoms with Crippen molar-refractivity contribution in [3.05, 3.63) is 17.9 Å². The Morgan fingerprint density at radius 2 is 2.05 bits per heavy atom. The third-order valence-electron chi connectivity index (χ3n) is 3.08. The zero-order chi connectivity index (χ0) is 14.0. The van der Waals surface area contributed by atoms with Crippen molar-refractivity contribution in [1.82, 2.24) is 9.62 Å². The van der Waals surface area contributed by atoms with E-state index < -0.39 is 10.0 Å². The number of sulfonamides is 1. The molecule has 0 saturated carbocycles. The van der Waals surface area contributed by atoms with Gasteiger partial charge in [-0.15, -0.1) is 0 Å². The number of carbonyl (C=O) groups is 1. The fourth-order valence-electron chi connectivity index (χ4n) is 1.90. The van der Waals surface area contributed by atoms with Gasteiger partial charge in [-0.05, 0) is 32.0 Å². The molecule has 2 N–H and O–H groups in total. The van der Waals surface area contributed by atoms with E-state index in [0.717, 1.165) is 0 Å². The minimum absolute atomic E-state index is 0.00906. The lowest BCUT2D eigenvalue weighted by Gasteiger charge is -2.28. The molecule has 2 heterocycles. The molecule has 1 fully saturated rings. The van der Waals surface area contributed by atoms with Crippen molar-refractivity contribution in [2.45, 2.75) is 24.0 Å². The number of nitrogens with zero attached hydrogens (tertiary/aromatic N) is 1. The van der Waals surface area contributed by atoms with Gasteiger partial charge in [0.2, 0.25) is 5.09 Å². The summed E-state index contributed by atoms with van der Waals surface area (Å²) in [6.07, 6.45) is 0.670. The number of piperidine rings is 1. The maximum atomic E-state index is 12.1. The van der Waals surface area contributed by atoms with Gasteiger partial charge in [0.1, 0.15) is 0 Å². The Bertz CT molecular complexity index is 557. The van der Waals surface area contributed by atoms with Crippen LogP contribution in [0, 0.1) is 0 Å². The fraction of sp³-hybridized carbons (Fsp3) is 0.545. The molecule has 7 nitrogen and oxygen atoms in total. The minimum atomic E-state index is -3.68. The molecule has 106 valence electrons. The number of nitrogens with one attached hydrogen (secondary N) is 1. The van der Waals surface area contributed by atoms with Gasteiger partial charge in [-0.3, -0.25) is 4.79 Å². The molecule has 0 unspecified atom stereocenters. The normalized spacial score (nSPS) is 17.7. The summed E-state index contributed by atoms with van der Waals surface area (Å²) in [4.78, 5) is 13.6. The second-order valence-corrected chi connectivity index (χ2v) is 6.17. The van der Waals surface area contributed by atoms with E-state index in [2.05, 4.69) is 4.72 Å². The van der Waals surface area contributed by atoms with E-state index in [4.69, 9.17) is 4.42 Å². The summed E-state index contributed by atoms with van der Waals surface area (Å²) >= 11 is 0. The Hall–Kier alpha value is -1.38. The smallest absolute Gasteiger partial charge is 0.289 e. The van der Waals surface area contributed by atoms with Gasteiger partial charge in [0, 0.05) is 13.1 Å². The molecule has 1 amide bonds. The molecule has 1 aliphatic rings. The van der Waals surface area contributed by atoms with E-state index in [1.165, 1.54) is 19.2 Å². The summed E-state index contributed by atoms with van der Waals surface area (Å²) in [6.45, 7) is 0.879. The highest BCUT2D eigenvalue weighted by molar-refractivity contribution is 7.89. The number of furan rings is 1. The molecule has 0 aromatic carbocycles. The summed E-state index contributed by atoms with van der Waals surface area (Å²) in [7, 11) is -2.41. The highest BCUT2D eigenvalue weighted by Crippen LogP contribution is 2.18. The molecule has 1 saturated heterocycles. The van der Waals surface area contributed by atoms with E-state index >= 15 is 0 Å². The Morgan fingerprint density at radius 3 is 2.63 bits per heavy atom. The van der Waals surface area contributed by atoms with Crippen LogP contribution in [0.15, 0.2) is 21.6 Å². The second-order valence-electron chi connectivity index (χ2n) is 4.35. The lowest BCUT2D eigenvalue weighted by atomic mass is 10.1. The predicted molar refractivity (Wildman–Crippen MR) is 66.1 cm³/mol. The number of rotatable bonds is 3. The number of hydrogen-bond acceptors (Lipinski definition) is 5. The highest BCUT2D eigenvalue weighted by Gasteiger charge is 2.26. The Labute approximate surface area is 111 Å². The van der Waals surface area contributed by atoms with Gasteiger partial charge in [0.15, 0.2) is 5.76 Å². The van der Waals surface area contributed by atoms with Crippen LogP contribution in [-0.2, 0) is 10.0 Å². The molecule has 19 heavy (non-hydrogen) atoms. The first kappa shape index (κ1) is 14.0. The van der Waals surface area contributed by atoms with Gasteiger partial charge in [-0.2, -0.15) is 0 Å². The maximum absolute atomic E-state index is 12.1. The van der Waals surface area contributed by atoms with E-state index in [1.54, 1.807) is 4.90 Å². The van der Waals surface area contributed by atoms with Gasteiger partial charge in [0.25, 0.3) is 15.9 Å². The van der Waals surface area contributed by atoms with Crippen LogP contribution in [0.5, 0.6) is 0 Å². The average molecular weight is 288 g/mol. The van der Waals surface area contributed by atoms with Crippen LogP contribution in [0.2, 0.25) is 0 Å². The zero-order valence-electron chi connectivity index (χ0n) is 10.5. The van der Waals surface area contributed by atoms with Crippen LogP contribution in [0.4, 0.5) is 0 Å². The van der Waals surface area contributed by atoms with E-state index in [1.807, 2.05) is 0 Å². The number of likely N-dealkylation sites (tertiary alicyclic amines) is 1. The molecule has 0 aliphatic carbocycles. The van der Waals surface area contributed by atoms with Crippen molar-refractivity contribution < 1.29 is 22.7 Å². The van der Waals surface area contributed by atoms with Gasteiger partial charge in [0.05, 0.1) is 6.10 Å². The van der Waals surface area contributed by atoms with E-state index in [0.29, 0.717) is 25.9 Å². The highest BCUT2D eigenvalue weighted by atomic mass is 32.2. The molecule has 0 bridgehead atoms. The quantitative estimate of drug-likeness (QED) is 0.801. The monoisotopic (exact) mass is 288 g/mol. The number of carbonyl (C=O) groups excluding carboxylic acids is 1.